The Morgan fingerprint density at radius 1 is 1.20 bits per heavy atom. The highest BCUT2D eigenvalue weighted by molar-refractivity contribution is 9.10. The molecule has 2 rings (SSSR count). The van der Waals surface area contributed by atoms with Crippen LogP contribution in [0.1, 0.15) is 0 Å². The summed E-state index contributed by atoms with van der Waals surface area (Å²) < 4.78 is 24.0. The lowest BCUT2D eigenvalue weighted by molar-refractivity contribution is -0.385. The van der Waals surface area contributed by atoms with E-state index in [1.54, 1.807) is 0 Å². The fraction of sp³-hybridized carbons (Fsp3) is 0.0769. The quantitative estimate of drug-likeness (QED) is 0.614. The second kappa shape index (κ2) is 5.87. The van der Waals surface area contributed by atoms with Gasteiger partial charge in [-0.25, -0.2) is 4.39 Å². The van der Waals surface area contributed by atoms with Crippen molar-refractivity contribution in [2.24, 2.45) is 0 Å². The van der Waals surface area contributed by atoms with Crippen molar-refractivity contribution in [3.63, 3.8) is 0 Å². The summed E-state index contributed by atoms with van der Waals surface area (Å²) in [6.45, 7) is 0. The van der Waals surface area contributed by atoms with Gasteiger partial charge in [0, 0.05) is 6.07 Å². The molecule has 0 saturated heterocycles. The molecule has 7 heteroatoms. The smallest absolute Gasteiger partial charge is 0.315 e. The lowest BCUT2D eigenvalue weighted by atomic mass is 10.2. The molecule has 0 radical (unpaired) electrons. The minimum atomic E-state index is -0.592. The van der Waals surface area contributed by atoms with Gasteiger partial charge in [-0.3, -0.25) is 10.1 Å². The Morgan fingerprint density at radius 2 is 1.95 bits per heavy atom. The third-order valence-electron chi connectivity index (χ3n) is 2.48. The number of nitro benzene ring substituents is 1. The lowest BCUT2D eigenvalue weighted by Crippen LogP contribution is -1.95. The summed E-state index contributed by atoms with van der Waals surface area (Å²) in [7, 11) is 1.41. The minimum absolute atomic E-state index is 0.00194. The number of hydrogen-bond donors (Lipinski definition) is 0. The van der Waals surface area contributed by atoms with Gasteiger partial charge in [-0.2, -0.15) is 0 Å². The molecular formula is C13H9BrFNO4. The summed E-state index contributed by atoms with van der Waals surface area (Å²) in [4.78, 5) is 10.4. The van der Waals surface area contributed by atoms with E-state index >= 15 is 0 Å². The fourth-order valence-corrected chi connectivity index (χ4v) is 1.85. The molecule has 0 aliphatic heterocycles. The van der Waals surface area contributed by atoms with Crippen LogP contribution in [0.2, 0.25) is 0 Å². The Kier molecular flexibility index (Phi) is 4.19. The molecule has 0 aliphatic carbocycles. The second-order valence-electron chi connectivity index (χ2n) is 3.77. The number of benzene rings is 2. The number of hydrogen-bond acceptors (Lipinski definition) is 4. The van der Waals surface area contributed by atoms with Gasteiger partial charge >= 0.3 is 5.69 Å². The molecular weight excluding hydrogens is 333 g/mol. The molecule has 2 aromatic carbocycles. The van der Waals surface area contributed by atoms with Crippen LogP contribution in [0.25, 0.3) is 0 Å². The number of methoxy groups -OCH3 is 1. The van der Waals surface area contributed by atoms with E-state index in [1.165, 1.54) is 37.4 Å². The number of halogens is 2. The molecule has 2 aromatic rings. The van der Waals surface area contributed by atoms with E-state index in [2.05, 4.69) is 15.9 Å². The van der Waals surface area contributed by atoms with Crippen molar-refractivity contribution >= 4 is 21.6 Å². The van der Waals surface area contributed by atoms with E-state index < -0.39 is 10.7 Å². The van der Waals surface area contributed by atoms with Crippen LogP contribution in [-0.4, -0.2) is 12.0 Å². The Morgan fingerprint density at radius 3 is 2.60 bits per heavy atom. The molecule has 0 unspecified atom stereocenters. The Labute approximate surface area is 122 Å². The molecule has 0 aromatic heterocycles. The van der Waals surface area contributed by atoms with Gasteiger partial charge in [0.25, 0.3) is 0 Å². The first kappa shape index (κ1) is 14.3. The van der Waals surface area contributed by atoms with E-state index in [0.717, 1.165) is 6.07 Å². The lowest BCUT2D eigenvalue weighted by Gasteiger charge is -2.09. The summed E-state index contributed by atoms with van der Waals surface area (Å²) >= 11 is 3.19. The van der Waals surface area contributed by atoms with Gasteiger partial charge in [-0.1, -0.05) is 0 Å². The first-order valence-corrected chi connectivity index (χ1v) is 6.26. The van der Waals surface area contributed by atoms with Crippen LogP contribution >= 0.6 is 15.9 Å². The van der Waals surface area contributed by atoms with Crippen LogP contribution in [0.15, 0.2) is 40.9 Å². The van der Waals surface area contributed by atoms with Crippen molar-refractivity contribution in [3.05, 3.63) is 56.8 Å². The molecule has 104 valence electrons. The van der Waals surface area contributed by atoms with Crippen LogP contribution in [0.3, 0.4) is 0 Å². The normalized spacial score (nSPS) is 10.2. The van der Waals surface area contributed by atoms with E-state index in [0.29, 0.717) is 10.2 Å². The number of nitrogens with zero attached hydrogens (tertiary/aromatic N) is 1. The van der Waals surface area contributed by atoms with Crippen molar-refractivity contribution in [1.82, 2.24) is 0 Å². The van der Waals surface area contributed by atoms with Crippen molar-refractivity contribution in [2.45, 2.75) is 0 Å². The zero-order chi connectivity index (χ0) is 14.7. The monoisotopic (exact) mass is 341 g/mol. The first-order valence-electron chi connectivity index (χ1n) is 5.46. The van der Waals surface area contributed by atoms with Gasteiger partial charge in [0.15, 0.2) is 0 Å². The Hall–Kier alpha value is -2.15. The molecule has 0 saturated carbocycles. The summed E-state index contributed by atoms with van der Waals surface area (Å²) in [6, 6.07) is 8.00. The molecule has 0 aliphatic rings. The van der Waals surface area contributed by atoms with Gasteiger partial charge in [-0.15, -0.1) is 0 Å². The summed E-state index contributed by atoms with van der Waals surface area (Å²) in [5.41, 5.74) is -0.263. The SMILES string of the molecule is COc1ccc(Oc2cc(F)ccc2Br)c([N+](=O)[O-])c1. The van der Waals surface area contributed by atoms with E-state index in [4.69, 9.17) is 9.47 Å². The van der Waals surface area contributed by atoms with Gasteiger partial charge < -0.3 is 9.47 Å². The summed E-state index contributed by atoms with van der Waals surface area (Å²) in [5.74, 6) is -0.0120. The van der Waals surface area contributed by atoms with E-state index in [-0.39, 0.29) is 17.2 Å². The van der Waals surface area contributed by atoms with Crippen LogP contribution in [0, 0.1) is 15.9 Å². The maximum Gasteiger partial charge on any atom is 0.315 e. The Bertz CT molecular complexity index is 663. The van der Waals surface area contributed by atoms with Crippen molar-refractivity contribution in [2.75, 3.05) is 7.11 Å². The number of ether oxygens (including phenoxy) is 2. The van der Waals surface area contributed by atoms with E-state index in [9.17, 15) is 14.5 Å². The highest BCUT2D eigenvalue weighted by atomic mass is 79.9. The first-order chi connectivity index (χ1) is 9.51. The molecule has 20 heavy (non-hydrogen) atoms. The van der Waals surface area contributed by atoms with Crippen molar-refractivity contribution in [3.8, 4) is 17.2 Å². The average Bonchev–Trinajstić information content (AvgIpc) is 2.43. The topological polar surface area (TPSA) is 61.6 Å². The molecule has 0 atom stereocenters. The maximum absolute atomic E-state index is 13.2. The number of rotatable bonds is 4. The molecule has 0 amide bonds. The van der Waals surface area contributed by atoms with E-state index in [1.807, 2.05) is 0 Å². The van der Waals surface area contributed by atoms with Crippen LogP contribution in [0.5, 0.6) is 17.2 Å². The number of nitro groups is 1. The molecule has 0 heterocycles. The van der Waals surface area contributed by atoms with Crippen molar-refractivity contribution < 1.29 is 18.8 Å². The third kappa shape index (κ3) is 3.05. The molecule has 0 N–H and O–H groups in total. The highest BCUT2D eigenvalue weighted by Crippen LogP contribution is 2.37. The molecule has 0 bridgehead atoms. The zero-order valence-corrected chi connectivity index (χ0v) is 11.9. The highest BCUT2D eigenvalue weighted by Gasteiger charge is 2.18. The standard InChI is InChI=1S/C13H9BrFNO4/c1-19-9-3-5-12(11(7-9)16(17)18)20-13-6-8(15)2-4-10(13)14/h2-7H,1H3. The van der Waals surface area contributed by atoms with Gasteiger partial charge in [0.05, 0.1) is 22.6 Å². The average molecular weight is 342 g/mol. The predicted molar refractivity (Wildman–Crippen MR) is 73.8 cm³/mol. The zero-order valence-electron chi connectivity index (χ0n) is 10.3. The molecule has 5 nitrogen and oxygen atoms in total. The maximum atomic E-state index is 13.2. The predicted octanol–water partition coefficient (Wildman–Crippen LogP) is 4.30. The summed E-state index contributed by atoms with van der Waals surface area (Å²) in [6.07, 6.45) is 0. The van der Waals surface area contributed by atoms with Crippen molar-refractivity contribution in [1.29, 1.82) is 0 Å². The van der Waals surface area contributed by atoms with Gasteiger partial charge in [0.1, 0.15) is 17.3 Å². The van der Waals surface area contributed by atoms with Crippen LogP contribution < -0.4 is 9.47 Å². The molecule has 0 fully saturated rings. The second-order valence-corrected chi connectivity index (χ2v) is 4.62. The molecule has 0 spiro atoms. The minimum Gasteiger partial charge on any atom is -0.496 e. The van der Waals surface area contributed by atoms with Gasteiger partial charge in [0.2, 0.25) is 5.75 Å². The van der Waals surface area contributed by atoms with Crippen LogP contribution in [-0.2, 0) is 0 Å². The fourth-order valence-electron chi connectivity index (χ4n) is 1.53. The summed E-state index contributed by atoms with van der Waals surface area (Å²) in [5, 5.41) is 11.0. The largest absolute Gasteiger partial charge is 0.496 e. The van der Waals surface area contributed by atoms with Crippen LogP contribution in [0.4, 0.5) is 10.1 Å². The van der Waals surface area contributed by atoms with Gasteiger partial charge in [-0.05, 0) is 40.2 Å². The third-order valence-corrected chi connectivity index (χ3v) is 3.13. The Balaban J connectivity index is 2.42.